The number of hydrogen-bond acceptors (Lipinski definition) is 3. The SMILES string of the molecule is CCCNC(CC1(OC)CCC1)c1nccn1C. The molecule has 0 bridgehead atoms. The van der Waals surface area contributed by atoms with Crippen LogP contribution in [0.5, 0.6) is 0 Å². The Labute approximate surface area is 110 Å². The van der Waals surface area contributed by atoms with Crippen molar-refractivity contribution in [3.63, 3.8) is 0 Å². The highest BCUT2D eigenvalue weighted by molar-refractivity contribution is 5.03. The van der Waals surface area contributed by atoms with Crippen molar-refractivity contribution in [2.45, 2.75) is 50.7 Å². The van der Waals surface area contributed by atoms with Gasteiger partial charge in [0.1, 0.15) is 5.82 Å². The van der Waals surface area contributed by atoms with Crippen LogP contribution in [0.2, 0.25) is 0 Å². The van der Waals surface area contributed by atoms with Gasteiger partial charge in [-0.1, -0.05) is 6.92 Å². The number of ether oxygens (including phenoxy) is 1. The van der Waals surface area contributed by atoms with Crippen LogP contribution in [0.3, 0.4) is 0 Å². The number of imidazole rings is 1. The van der Waals surface area contributed by atoms with Gasteiger partial charge in [0.15, 0.2) is 0 Å². The normalized spacial score (nSPS) is 19.5. The van der Waals surface area contributed by atoms with E-state index in [2.05, 4.69) is 28.8 Å². The lowest BCUT2D eigenvalue weighted by atomic mass is 9.75. The zero-order valence-corrected chi connectivity index (χ0v) is 11.8. The Morgan fingerprint density at radius 1 is 1.56 bits per heavy atom. The molecule has 1 fully saturated rings. The van der Waals surface area contributed by atoms with Gasteiger partial charge in [0, 0.05) is 26.6 Å². The number of nitrogens with zero attached hydrogens (tertiary/aromatic N) is 2. The molecule has 4 heteroatoms. The van der Waals surface area contributed by atoms with E-state index in [9.17, 15) is 0 Å². The summed E-state index contributed by atoms with van der Waals surface area (Å²) in [6, 6.07) is 0.296. The minimum atomic E-state index is 0.0807. The summed E-state index contributed by atoms with van der Waals surface area (Å²) in [6.07, 6.45) is 9.69. The first-order valence-electron chi connectivity index (χ1n) is 6.96. The Morgan fingerprint density at radius 3 is 2.78 bits per heavy atom. The lowest BCUT2D eigenvalue weighted by Gasteiger charge is -2.42. The van der Waals surface area contributed by atoms with Gasteiger partial charge in [-0.05, 0) is 38.6 Å². The van der Waals surface area contributed by atoms with Crippen molar-refractivity contribution >= 4 is 0 Å². The summed E-state index contributed by atoms with van der Waals surface area (Å²) < 4.78 is 7.85. The summed E-state index contributed by atoms with van der Waals surface area (Å²) in [5, 5.41) is 3.61. The average molecular weight is 251 g/mol. The largest absolute Gasteiger partial charge is 0.378 e. The van der Waals surface area contributed by atoms with E-state index in [1.54, 1.807) is 0 Å². The molecule has 0 aromatic carbocycles. The molecule has 18 heavy (non-hydrogen) atoms. The van der Waals surface area contributed by atoms with Crippen molar-refractivity contribution < 1.29 is 4.74 Å². The molecule has 0 amide bonds. The van der Waals surface area contributed by atoms with Gasteiger partial charge < -0.3 is 14.6 Å². The van der Waals surface area contributed by atoms with E-state index in [-0.39, 0.29) is 5.60 Å². The molecule has 2 rings (SSSR count). The lowest BCUT2D eigenvalue weighted by molar-refractivity contribution is -0.0844. The van der Waals surface area contributed by atoms with Crippen LogP contribution in [0, 0.1) is 0 Å². The average Bonchev–Trinajstić information content (AvgIpc) is 2.74. The number of hydrogen-bond donors (Lipinski definition) is 1. The van der Waals surface area contributed by atoms with E-state index in [4.69, 9.17) is 4.74 Å². The zero-order chi connectivity index (χ0) is 13.0. The second kappa shape index (κ2) is 5.85. The highest BCUT2D eigenvalue weighted by Gasteiger charge is 2.40. The third-order valence-corrected chi connectivity index (χ3v) is 4.08. The molecule has 4 nitrogen and oxygen atoms in total. The number of aromatic nitrogens is 2. The maximum absolute atomic E-state index is 5.75. The Bertz CT molecular complexity index is 365. The molecule has 0 saturated heterocycles. The monoisotopic (exact) mass is 251 g/mol. The molecule has 1 heterocycles. The number of aryl methyl sites for hydroxylation is 1. The lowest BCUT2D eigenvalue weighted by Crippen LogP contribution is -2.43. The highest BCUT2D eigenvalue weighted by Crippen LogP contribution is 2.41. The molecule has 0 spiro atoms. The van der Waals surface area contributed by atoms with Crippen LogP contribution in [0.4, 0.5) is 0 Å². The summed E-state index contributed by atoms with van der Waals surface area (Å²) in [6.45, 7) is 3.22. The number of methoxy groups -OCH3 is 1. The number of nitrogens with one attached hydrogen (secondary N) is 1. The van der Waals surface area contributed by atoms with E-state index in [1.165, 1.54) is 19.3 Å². The van der Waals surface area contributed by atoms with E-state index in [0.29, 0.717) is 6.04 Å². The molecule has 0 radical (unpaired) electrons. The van der Waals surface area contributed by atoms with Crippen LogP contribution in [-0.2, 0) is 11.8 Å². The Hall–Kier alpha value is -0.870. The first-order chi connectivity index (χ1) is 8.71. The molecule has 1 aromatic heterocycles. The van der Waals surface area contributed by atoms with E-state index >= 15 is 0 Å². The summed E-state index contributed by atoms with van der Waals surface area (Å²) >= 11 is 0. The summed E-state index contributed by atoms with van der Waals surface area (Å²) in [7, 11) is 3.90. The van der Waals surface area contributed by atoms with Crippen molar-refractivity contribution in [1.29, 1.82) is 0 Å². The molecule has 1 N–H and O–H groups in total. The highest BCUT2D eigenvalue weighted by atomic mass is 16.5. The molecule has 1 saturated carbocycles. The smallest absolute Gasteiger partial charge is 0.125 e. The summed E-state index contributed by atoms with van der Waals surface area (Å²) in [4.78, 5) is 4.49. The first-order valence-corrected chi connectivity index (χ1v) is 6.96. The fourth-order valence-corrected chi connectivity index (χ4v) is 2.72. The Morgan fingerprint density at radius 2 is 2.33 bits per heavy atom. The van der Waals surface area contributed by atoms with Gasteiger partial charge >= 0.3 is 0 Å². The number of rotatable bonds is 7. The fourth-order valence-electron chi connectivity index (χ4n) is 2.72. The minimum Gasteiger partial charge on any atom is -0.378 e. The third-order valence-electron chi connectivity index (χ3n) is 4.08. The van der Waals surface area contributed by atoms with Gasteiger partial charge in [0.2, 0.25) is 0 Å². The van der Waals surface area contributed by atoms with Gasteiger partial charge in [-0.15, -0.1) is 0 Å². The predicted octanol–water partition coefficient (Wildman–Crippen LogP) is 2.42. The topological polar surface area (TPSA) is 39.1 Å². The Balaban J connectivity index is 2.08. The summed E-state index contributed by atoms with van der Waals surface area (Å²) in [5.74, 6) is 1.12. The van der Waals surface area contributed by atoms with Gasteiger partial charge in [0.25, 0.3) is 0 Å². The molecule has 1 aliphatic carbocycles. The molecule has 0 aliphatic heterocycles. The van der Waals surface area contributed by atoms with Crippen LogP contribution >= 0.6 is 0 Å². The second-order valence-corrected chi connectivity index (χ2v) is 5.35. The van der Waals surface area contributed by atoms with E-state index < -0.39 is 0 Å². The van der Waals surface area contributed by atoms with E-state index in [1.807, 2.05) is 19.5 Å². The van der Waals surface area contributed by atoms with Gasteiger partial charge in [-0.3, -0.25) is 0 Å². The summed E-state index contributed by atoms with van der Waals surface area (Å²) in [5.41, 5.74) is 0.0807. The van der Waals surface area contributed by atoms with Crippen LogP contribution in [0.25, 0.3) is 0 Å². The molecule has 1 unspecified atom stereocenters. The van der Waals surface area contributed by atoms with Crippen molar-refractivity contribution in [1.82, 2.24) is 14.9 Å². The molecule has 1 aliphatic rings. The predicted molar refractivity (Wildman–Crippen MR) is 72.5 cm³/mol. The first kappa shape index (κ1) is 13.6. The Kier molecular flexibility index (Phi) is 4.40. The maximum atomic E-state index is 5.75. The van der Waals surface area contributed by atoms with Crippen LogP contribution in [0.15, 0.2) is 12.4 Å². The van der Waals surface area contributed by atoms with Crippen molar-refractivity contribution in [3.8, 4) is 0 Å². The van der Waals surface area contributed by atoms with Crippen LogP contribution < -0.4 is 5.32 Å². The van der Waals surface area contributed by atoms with Crippen molar-refractivity contribution in [3.05, 3.63) is 18.2 Å². The van der Waals surface area contributed by atoms with Crippen LogP contribution in [0.1, 0.15) is 50.9 Å². The molecule has 1 atom stereocenters. The van der Waals surface area contributed by atoms with Gasteiger partial charge in [-0.2, -0.15) is 0 Å². The molecule has 1 aromatic rings. The van der Waals surface area contributed by atoms with Crippen molar-refractivity contribution in [2.75, 3.05) is 13.7 Å². The maximum Gasteiger partial charge on any atom is 0.125 e. The second-order valence-electron chi connectivity index (χ2n) is 5.35. The minimum absolute atomic E-state index is 0.0807. The molecular formula is C14H25N3O. The zero-order valence-electron chi connectivity index (χ0n) is 11.8. The standard InChI is InChI=1S/C14H25N3O/c1-4-8-15-12(13-16-9-10-17(13)2)11-14(18-3)6-5-7-14/h9-10,12,15H,4-8,11H2,1-3H3. The molecule has 102 valence electrons. The molecular weight excluding hydrogens is 226 g/mol. The third kappa shape index (κ3) is 2.75. The van der Waals surface area contributed by atoms with Gasteiger partial charge in [-0.25, -0.2) is 4.98 Å². The van der Waals surface area contributed by atoms with Crippen LogP contribution in [-0.4, -0.2) is 28.8 Å². The van der Waals surface area contributed by atoms with Crippen molar-refractivity contribution in [2.24, 2.45) is 7.05 Å². The fraction of sp³-hybridized carbons (Fsp3) is 0.786. The van der Waals surface area contributed by atoms with E-state index in [0.717, 1.165) is 25.2 Å². The quantitative estimate of drug-likeness (QED) is 0.809. The van der Waals surface area contributed by atoms with Gasteiger partial charge in [0.05, 0.1) is 11.6 Å².